The number of hydrogen-bond acceptors (Lipinski definition) is 3. The molecule has 0 aromatic heterocycles. The molecule has 1 aromatic rings. The first-order chi connectivity index (χ1) is 10.3. The molecule has 1 aromatic carbocycles. The largest absolute Gasteiger partial charge is 0.496 e. The quantitative estimate of drug-likeness (QED) is 0.865. The van der Waals surface area contributed by atoms with Gasteiger partial charge in [-0.2, -0.15) is 0 Å². The van der Waals surface area contributed by atoms with Crippen LogP contribution in [0.4, 0.5) is 5.69 Å². The highest BCUT2D eigenvalue weighted by molar-refractivity contribution is 5.65. The van der Waals surface area contributed by atoms with E-state index in [1.165, 1.54) is 43.6 Å². The number of methoxy groups -OCH3 is 1. The number of anilines is 1. The average Bonchev–Trinajstić information content (AvgIpc) is 2.92. The number of rotatable bonds is 6. The minimum Gasteiger partial charge on any atom is -0.496 e. The van der Waals surface area contributed by atoms with E-state index < -0.39 is 0 Å². The first-order valence-electron chi connectivity index (χ1n) is 8.46. The zero-order chi connectivity index (χ0) is 14.8. The molecule has 2 aliphatic rings. The molecule has 1 N–H and O–H groups in total. The molecule has 21 heavy (non-hydrogen) atoms. The number of ether oxygens (including phenoxy) is 1. The summed E-state index contributed by atoms with van der Waals surface area (Å²) in [6, 6.07) is 5.00. The highest BCUT2D eigenvalue weighted by atomic mass is 16.5. The Bertz CT molecular complexity index is 494. The predicted octanol–water partition coefficient (Wildman–Crippen LogP) is 3.64. The van der Waals surface area contributed by atoms with Gasteiger partial charge in [0.25, 0.3) is 0 Å². The van der Waals surface area contributed by atoms with E-state index >= 15 is 0 Å². The van der Waals surface area contributed by atoms with E-state index in [1.54, 1.807) is 12.7 Å². The Morgan fingerprint density at radius 2 is 2.00 bits per heavy atom. The van der Waals surface area contributed by atoms with Gasteiger partial charge in [0, 0.05) is 29.8 Å². The van der Waals surface area contributed by atoms with Crippen LogP contribution in [0.15, 0.2) is 12.1 Å². The molecule has 3 heteroatoms. The van der Waals surface area contributed by atoms with Crippen LogP contribution in [0, 0.1) is 0 Å². The second-order valence-electron chi connectivity index (χ2n) is 6.42. The molecule has 1 aliphatic carbocycles. The summed E-state index contributed by atoms with van der Waals surface area (Å²) in [6.45, 7) is 8.11. The highest BCUT2D eigenvalue weighted by Crippen LogP contribution is 2.45. The number of benzene rings is 1. The van der Waals surface area contributed by atoms with E-state index in [0.29, 0.717) is 12.0 Å². The normalized spacial score (nSPS) is 23.0. The lowest BCUT2D eigenvalue weighted by Crippen LogP contribution is -2.41. The van der Waals surface area contributed by atoms with Crippen molar-refractivity contribution in [2.24, 2.45) is 0 Å². The minimum atomic E-state index is 0.667. The first kappa shape index (κ1) is 14.7. The van der Waals surface area contributed by atoms with Gasteiger partial charge in [0.05, 0.1) is 7.11 Å². The molecule has 0 spiro atoms. The molecule has 0 unspecified atom stereocenters. The van der Waals surface area contributed by atoms with Gasteiger partial charge in [-0.25, -0.2) is 0 Å². The van der Waals surface area contributed by atoms with Gasteiger partial charge >= 0.3 is 0 Å². The van der Waals surface area contributed by atoms with Crippen molar-refractivity contribution in [2.45, 2.75) is 51.5 Å². The van der Waals surface area contributed by atoms with Gasteiger partial charge in [-0.3, -0.25) is 0 Å². The molecule has 0 bridgehead atoms. The van der Waals surface area contributed by atoms with Gasteiger partial charge in [0.1, 0.15) is 5.75 Å². The topological polar surface area (TPSA) is 24.5 Å². The summed E-state index contributed by atoms with van der Waals surface area (Å²) >= 11 is 0. The van der Waals surface area contributed by atoms with E-state index in [-0.39, 0.29) is 0 Å². The van der Waals surface area contributed by atoms with Gasteiger partial charge in [0.2, 0.25) is 0 Å². The molecule has 1 heterocycles. The molecule has 3 rings (SSSR count). The van der Waals surface area contributed by atoms with Crippen molar-refractivity contribution >= 4 is 5.69 Å². The van der Waals surface area contributed by atoms with Crippen molar-refractivity contribution in [3.8, 4) is 5.75 Å². The minimum absolute atomic E-state index is 0.667. The fourth-order valence-corrected chi connectivity index (χ4v) is 4.18. The van der Waals surface area contributed by atoms with Crippen LogP contribution in [0.25, 0.3) is 0 Å². The fourth-order valence-electron chi connectivity index (χ4n) is 4.18. The van der Waals surface area contributed by atoms with E-state index in [1.807, 2.05) is 0 Å². The molecule has 0 saturated carbocycles. The van der Waals surface area contributed by atoms with Crippen molar-refractivity contribution in [2.75, 3.05) is 32.1 Å². The Morgan fingerprint density at radius 3 is 2.67 bits per heavy atom. The molecule has 3 nitrogen and oxygen atoms in total. The van der Waals surface area contributed by atoms with Crippen LogP contribution in [-0.2, 0) is 6.42 Å². The van der Waals surface area contributed by atoms with Crippen LogP contribution in [0.3, 0.4) is 0 Å². The summed E-state index contributed by atoms with van der Waals surface area (Å²) in [4.78, 5) is 2.70. The summed E-state index contributed by atoms with van der Waals surface area (Å²) in [7, 11) is 1.80. The number of hydrogen-bond donors (Lipinski definition) is 1. The summed E-state index contributed by atoms with van der Waals surface area (Å²) in [5.74, 6) is 1.75. The van der Waals surface area contributed by atoms with Crippen LogP contribution in [0.1, 0.15) is 50.2 Å². The summed E-state index contributed by atoms with van der Waals surface area (Å²) < 4.78 is 5.65. The molecular formula is C18H28N2O. The summed E-state index contributed by atoms with van der Waals surface area (Å²) in [5, 5.41) is 3.58. The van der Waals surface area contributed by atoms with Gasteiger partial charge in [0.15, 0.2) is 0 Å². The third-order valence-corrected chi connectivity index (χ3v) is 5.02. The van der Waals surface area contributed by atoms with E-state index in [0.717, 1.165) is 18.7 Å². The van der Waals surface area contributed by atoms with E-state index in [9.17, 15) is 0 Å². The number of nitrogens with zero attached hydrogens (tertiary/aromatic N) is 1. The zero-order valence-corrected chi connectivity index (χ0v) is 13.6. The van der Waals surface area contributed by atoms with Crippen LogP contribution >= 0.6 is 0 Å². The Hall–Kier alpha value is -1.22. The lowest BCUT2D eigenvalue weighted by molar-refractivity contribution is 0.171. The Balaban J connectivity index is 1.90. The maximum absolute atomic E-state index is 5.65. The van der Waals surface area contributed by atoms with Crippen molar-refractivity contribution in [1.82, 2.24) is 4.90 Å². The third kappa shape index (κ3) is 2.64. The SMILES string of the molecule is CCCN(CCC)[C@@H]1Cc2c(OC)ccc3c2[C@H](CN3)C1. The smallest absolute Gasteiger partial charge is 0.122 e. The van der Waals surface area contributed by atoms with Crippen LogP contribution < -0.4 is 10.1 Å². The Morgan fingerprint density at radius 1 is 1.24 bits per heavy atom. The van der Waals surface area contributed by atoms with E-state index in [2.05, 4.69) is 36.2 Å². The van der Waals surface area contributed by atoms with Crippen LogP contribution in [0.5, 0.6) is 5.75 Å². The lowest BCUT2D eigenvalue weighted by atomic mass is 9.80. The maximum Gasteiger partial charge on any atom is 0.122 e. The van der Waals surface area contributed by atoms with Gasteiger partial charge < -0.3 is 15.0 Å². The maximum atomic E-state index is 5.65. The predicted molar refractivity (Wildman–Crippen MR) is 88.5 cm³/mol. The van der Waals surface area contributed by atoms with Crippen molar-refractivity contribution < 1.29 is 4.74 Å². The molecule has 0 fully saturated rings. The molecular weight excluding hydrogens is 260 g/mol. The van der Waals surface area contributed by atoms with Crippen molar-refractivity contribution in [3.05, 3.63) is 23.3 Å². The first-order valence-corrected chi connectivity index (χ1v) is 8.46. The Kier molecular flexibility index (Phi) is 4.39. The molecule has 1 aliphatic heterocycles. The fraction of sp³-hybridized carbons (Fsp3) is 0.667. The number of nitrogens with one attached hydrogen (secondary N) is 1. The molecule has 116 valence electrons. The molecule has 0 amide bonds. The average molecular weight is 288 g/mol. The Labute approximate surface area is 128 Å². The summed E-state index contributed by atoms with van der Waals surface area (Å²) in [5.41, 5.74) is 4.34. The van der Waals surface area contributed by atoms with Crippen LogP contribution in [0.2, 0.25) is 0 Å². The van der Waals surface area contributed by atoms with Gasteiger partial charge in [-0.05, 0) is 56.5 Å². The molecule has 0 saturated heterocycles. The van der Waals surface area contributed by atoms with Gasteiger partial charge in [-0.15, -0.1) is 0 Å². The second kappa shape index (κ2) is 6.27. The van der Waals surface area contributed by atoms with Crippen LogP contribution in [-0.4, -0.2) is 37.7 Å². The third-order valence-electron chi connectivity index (χ3n) is 5.02. The van der Waals surface area contributed by atoms with E-state index in [4.69, 9.17) is 4.74 Å². The summed E-state index contributed by atoms with van der Waals surface area (Å²) in [6.07, 6.45) is 4.91. The van der Waals surface area contributed by atoms with Crippen molar-refractivity contribution in [3.63, 3.8) is 0 Å². The van der Waals surface area contributed by atoms with Crippen molar-refractivity contribution in [1.29, 1.82) is 0 Å². The second-order valence-corrected chi connectivity index (χ2v) is 6.42. The van der Waals surface area contributed by atoms with Gasteiger partial charge in [-0.1, -0.05) is 13.8 Å². The monoisotopic (exact) mass is 288 g/mol. The standard InChI is InChI=1S/C18H28N2O/c1-4-8-20(9-5-2)14-10-13-12-19-16-6-7-17(21-3)15(11-14)18(13)16/h6-7,13-14,19H,4-5,8-12H2,1-3H3/t13-,14-/m0/s1. The molecule has 2 atom stereocenters. The molecule has 0 radical (unpaired) electrons. The highest BCUT2D eigenvalue weighted by Gasteiger charge is 2.36. The zero-order valence-electron chi connectivity index (χ0n) is 13.6. The lowest BCUT2D eigenvalue weighted by Gasteiger charge is -2.37.